The van der Waals surface area contributed by atoms with Gasteiger partial charge >= 0.3 is 0 Å². The van der Waals surface area contributed by atoms with E-state index < -0.39 is 4.92 Å². The lowest BCUT2D eigenvalue weighted by Crippen LogP contribution is -3.12. The summed E-state index contributed by atoms with van der Waals surface area (Å²) >= 11 is 5.28. The van der Waals surface area contributed by atoms with E-state index in [1.807, 2.05) is 0 Å². The number of nitrogens with one attached hydrogen (secondary N) is 3. The summed E-state index contributed by atoms with van der Waals surface area (Å²) in [5.41, 5.74) is 3.69. The number of rotatable bonds is 4. The van der Waals surface area contributed by atoms with E-state index in [1.54, 1.807) is 6.07 Å². The molecule has 1 heterocycles. The summed E-state index contributed by atoms with van der Waals surface area (Å²) in [4.78, 5) is 11.8. The molecule has 3 N–H and O–H groups in total. The van der Waals surface area contributed by atoms with Gasteiger partial charge in [-0.25, -0.2) is 5.01 Å². The van der Waals surface area contributed by atoms with Crippen molar-refractivity contribution in [3.05, 3.63) is 28.3 Å². The summed E-state index contributed by atoms with van der Waals surface area (Å²) in [5.74, 6) is 0.376. The molecule has 0 saturated carbocycles. The second-order valence-electron chi connectivity index (χ2n) is 5.15. The highest BCUT2D eigenvalue weighted by molar-refractivity contribution is 7.80. The number of hydrogen-bond acceptors (Lipinski definition) is 5. The minimum Gasteiger partial charge on any atom is -0.494 e. The Bertz CT molecular complexity index is 561. The Balaban J connectivity index is 1.97. The van der Waals surface area contributed by atoms with Crippen LogP contribution in [0.4, 0.5) is 11.4 Å². The molecule has 1 aliphatic heterocycles. The molecule has 1 aliphatic rings. The van der Waals surface area contributed by atoms with Crippen LogP contribution in [0.5, 0.6) is 5.75 Å². The lowest BCUT2D eigenvalue weighted by molar-refractivity contribution is -0.884. The van der Waals surface area contributed by atoms with Crippen molar-refractivity contribution in [3.8, 4) is 5.75 Å². The number of anilines is 1. The molecule has 0 atom stereocenters. The van der Waals surface area contributed by atoms with Crippen LogP contribution < -0.4 is 20.4 Å². The molecule has 1 saturated heterocycles. The van der Waals surface area contributed by atoms with Gasteiger partial charge < -0.3 is 15.0 Å². The molecule has 0 spiro atoms. The molecule has 9 heteroatoms. The zero-order chi connectivity index (χ0) is 16.1. The number of nitro benzene ring substituents is 1. The maximum absolute atomic E-state index is 10.8. The number of likely N-dealkylation sites (N-methyl/N-ethyl adjacent to an activating group) is 1. The number of hydrazine groups is 1. The summed E-state index contributed by atoms with van der Waals surface area (Å²) in [6, 6.07) is 4.36. The number of ether oxygens (including phenoxy) is 1. The van der Waals surface area contributed by atoms with Gasteiger partial charge in [-0.2, -0.15) is 0 Å². The summed E-state index contributed by atoms with van der Waals surface area (Å²) in [6.45, 7) is 3.92. The number of methoxy groups -OCH3 is 1. The van der Waals surface area contributed by atoms with Gasteiger partial charge in [0.15, 0.2) is 5.11 Å². The Morgan fingerprint density at radius 2 is 2.14 bits per heavy atom. The van der Waals surface area contributed by atoms with Crippen LogP contribution in [-0.4, -0.2) is 55.4 Å². The van der Waals surface area contributed by atoms with Crippen LogP contribution in [-0.2, 0) is 0 Å². The molecule has 22 heavy (non-hydrogen) atoms. The molecule has 0 aliphatic carbocycles. The maximum Gasteiger partial charge on any atom is 0.273 e. The van der Waals surface area contributed by atoms with Gasteiger partial charge in [-0.15, -0.1) is 0 Å². The van der Waals surface area contributed by atoms with Gasteiger partial charge in [0.1, 0.15) is 5.75 Å². The Morgan fingerprint density at radius 3 is 2.73 bits per heavy atom. The van der Waals surface area contributed by atoms with Crippen LogP contribution in [0, 0.1) is 10.1 Å². The van der Waals surface area contributed by atoms with Crippen LogP contribution in [0.2, 0.25) is 0 Å². The highest BCUT2D eigenvalue weighted by Crippen LogP contribution is 2.28. The Kier molecular flexibility index (Phi) is 5.47. The largest absolute Gasteiger partial charge is 0.494 e. The molecule has 0 amide bonds. The molecule has 0 aromatic heterocycles. The zero-order valence-corrected chi connectivity index (χ0v) is 13.4. The number of nitrogens with zero attached hydrogens (tertiary/aromatic N) is 2. The topological polar surface area (TPSA) is 84.1 Å². The van der Waals surface area contributed by atoms with Gasteiger partial charge in [-0.1, -0.05) is 0 Å². The monoisotopic (exact) mass is 326 g/mol. The van der Waals surface area contributed by atoms with Gasteiger partial charge in [-0.05, 0) is 18.3 Å². The van der Waals surface area contributed by atoms with Gasteiger partial charge in [-0.3, -0.25) is 15.5 Å². The van der Waals surface area contributed by atoms with Crippen molar-refractivity contribution >= 4 is 28.7 Å². The fraction of sp³-hybridized carbons (Fsp3) is 0.462. The normalized spacial score (nSPS) is 16.1. The smallest absolute Gasteiger partial charge is 0.273 e. The fourth-order valence-corrected chi connectivity index (χ4v) is 2.43. The lowest BCUT2D eigenvalue weighted by atomic mass is 10.2. The van der Waals surface area contributed by atoms with E-state index in [9.17, 15) is 10.1 Å². The third-order valence-electron chi connectivity index (χ3n) is 3.52. The molecule has 8 nitrogen and oxygen atoms in total. The number of non-ortho nitro benzene ring substituents is 1. The van der Waals surface area contributed by atoms with E-state index in [2.05, 4.69) is 22.8 Å². The second-order valence-corrected chi connectivity index (χ2v) is 5.56. The Hall–Kier alpha value is -1.97. The third kappa shape index (κ3) is 4.26. The summed E-state index contributed by atoms with van der Waals surface area (Å²) in [7, 11) is 3.62. The predicted octanol–water partition coefficient (Wildman–Crippen LogP) is -0.365. The molecule has 0 bridgehead atoms. The van der Waals surface area contributed by atoms with Crippen molar-refractivity contribution in [3.63, 3.8) is 0 Å². The van der Waals surface area contributed by atoms with Crippen molar-refractivity contribution in [2.75, 3.05) is 45.7 Å². The molecule has 1 aromatic rings. The van der Waals surface area contributed by atoms with Crippen LogP contribution in [0.15, 0.2) is 18.2 Å². The van der Waals surface area contributed by atoms with Crippen molar-refractivity contribution in [2.24, 2.45) is 0 Å². The highest BCUT2D eigenvalue weighted by Gasteiger charge is 2.18. The molecular weight excluding hydrogens is 306 g/mol. The first-order valence-corrected chi connectivity index (χ1v) is 7.36. The SMILES string of the molecule is COc1cc([N+](=O)[O-])ccc1NC(=S)NN1CC[NH+](C)CC1. The molecular formula is C13H20N5O3S+. The number of thiocarbonyl (C=S) groups is 1. The Labute approximate surface area is 134 Å². The van der Waals surface area contributed by atoms with E-state index in [0.29, 0.717) is 16.5 Å². The minimum absolute atomic E-state index is 0.0247. The van der Waals surface area contributed by atoms with Crippen molar-refractivity contribution < 1.29 is 14.6 Å². The van der Waals surface area contributed by atoms with E-state index in [0.717, 1.165) is 26.2 Å². The molecule has 0 unspecified atom stereocenters. The second kappa shape index (κ2) is 7.34. The number of nitro groups is 1. The van der Waals surface area contributed by atoms with Gasteiger partial charge in [0.05, 0.1) is 57.0 Å². The average Bonchev–Trinajstić information content (AvgIpc) is 2.49. The first-order valence-electron chi connectivity index (χ1n) is 6.96. The molecule has 1 fully saturated rings. The summed E-state index contributed by atoms with van der Waals surface area (Å²) in [6.07, 6.45) is 0. The number of quaternary nitrogens is 1. The quantitative estimate of drug-likeness (QED) is 0.396. The predicted molar refractivity (Wildman–Crippen MR) is 87.2 cm³/mol. The van der Waals surface area contributed by atoms with Crippen LogP contribution >= 0.6 is 12.2 Å². The zero-order valence-electron chi connectivity index (χ0n) is 12.6. The van der Waals surface area contributed by atoms with E-state index >= 15 is 0 Å². The Morgan fingerprint density at radius 1 is 1.45 bits per heavy atom. The van der Waals surface area contributed by atoms with E-state index in [4.69, 9.17) is 17.0 Å². The highest BCUT2D eigenvalue weighted by atomic mass is 32.1. The molecule has 2 rings (SSSR count). The maximum atomic E-state index is 10.8. The molecule has 120 valence electrons. The summed E-state index contributed by atoms with van der Waals surface area (Å²) in [5, 5.41) is 16.3. The van der Waals surface area contributed by atoms with Crippen LogP contribution in [0.1, 0.15) is 0 Å². The summed E-state index contributed by atoms with van der Waals surface area (Å²) < 4.78 is 5.17. The van der Waals surface area contributed by atoms with E-state index in [1.165, 1.54) is 24.1 Å². The molecule has 1 aromatic carbocycles. The standard InChI is InChI=1S/C13H19N5O3S/c1-16-5-7-17(8-6-16)15-13(22)14-11-4-3-10(18(19)20)9-12(11)21-2/h3-4,9H,5-8H2,1-2H3,(H2,14,15,22)/p+1. The van der Waals surface area contributed by atoms with Crippen LogP contribution in [0.3, 0.4) is 0 Å². The van der Waals surface area contributed by atoms with Gasteiger partial charge in [0.25, 0.3) is 5.69 Å². The number of hydrogen-bond donors (Lipinski definition) is 3. The van der Waals surface area contributed by atoms with E-state index in [-0.39, 0.29) is 5.69 Å². The number of benzene rings is 1. The van der Waals surface area contributed by atoms with Crippen molar-refractivity contribution in [1.82, 2.24) is 10.4 Å². The first-order chi connectivity index (χ1) is 10.5. The van der Waals surface area contributed by atoms with Crippen molar-refractivity contribution in [2.45, 2.75) is 0 Å². The fourth-order valence-electron chi connectivity index (χ4n) is 2.19. The molecule has 0 radical (unpaired) electrons. The van der Waals surface area contributed by atoms with Crippen LogP contribution in [0.25, 0.3) is 0 Å². The van der Waals surface area contributed by atoms with Gasteiger partial charge in [0, 0.05) is 6.07 Å². The first kappa shape index (κ1) is 16.4. The van der Waals surface area contributed by atoms with Crippen molar-refractivity contribution in [1.29, 1.82) is 0 Å². The minimum atomic E-state index is -0.463. The third-order valence-corrected chi connectivity index (χ3v) is 3.71. The van der Waals surface area contributed by atoms with Gasteiger partial charge in [0.2, 0.25) is 0 Å². The average molecular weight is 326 g/mol. The number of piperazine rings is 1. The lowest BCUT2D eigenvalue weighted by Gasteiger charge is -2.31.